The van der Waals surface area contributed by atoms with Gasteiger partial charge in [-0.2, -0.15) is 5.10 Å². The Morgan fingerprint density at radius 3 is 2.15 bits per heavy atom. The number of amides is 3. The van der Waals surface area contributed by atoms with Crippen LogP contribution in [0, 0.1) is 11.8 Å². The number of benzene rings is 1. The highest BCUT2D eigenvalue weighted by atomic mass is 16.6. The molecule has 2 aromatic rings. The molecular weight excluding hydrogens is 594 g/mol. The second-order valence-corrected chi connectivity index (χ2v) is 15.5. The number of fused-ring (bicyclic) bond motifs is 1. The highest BCUT2D eigenvalue weighted by Gasteiger charge is 2.40. The van der Waals surface area contributed by atoms with Crippen molar-refractivity contribution in [2.75, 3.05) is 31.1 Å². The monoisotopic (exact) mass is 645 g/mol. The van der Waals surface area contributed by atoms with Crippen LogP contribution in [0.15, 0.2) is 24.5 Å². The molecule has 2 saturated heterocycles. The largest absolute Gasteiger partial charge is 0.489 e. The Morgan fingerprint density at radius 1 is 0.830 bits per heavy atom. The lowest BCUT2D eigenvalue weighted by Gasteiger charge is -2.38. The third-order valence-electron chi connectivity index (χ3n) is 10.8. The Bertz CT molecular complexity index is 1490. The number of aromatic nitrogens is 2. The van der Waals surface area contributed by atoms with Crippen LogP contribution in [0.1, 0.15) is 104 Å². The fourth-order valence-electron chi connectivity index (χ4n) is 7.61. The highest BCUT2D eigenvalue weighted by Crippen LogP contribution is 2.46. The van der Waals surface area contributed by atoms with E-state index in [2.05, 4.69) is 34.8 Å². The average molecular weight is 646 g/mol. The normalized spacial score (nSPS) is 22.9. The second kappa shape index (κ2) is 12.8. The molecule has 0 radical (unpaired) electrons. The zero-order chi connectivity index (χ0) is 32.9. The molecule has 2 saturated carbocycles. The van der Waals surface area contributed by atoms with Crippen LogP contribution in [0.2, 0.25) is 0 Å². The van der Waals surface area contributed by atoms with Gasteiger partial charge < -0.3 is 24.2 Å². The first-order valence-corrected chi connectivity index (χ1v) is 18.0. The standard InChI is InChI=1S/C37H51N5O5/c1-24-8-11-31-32(42(24)35(44)25-9-10-25)13-12-30(33(31)46-29-6-5-7-29)27-22-38-41(23-27)28-16-20-39(21-17-28)34(43)26-14-18-40(19-15-26)36(45)47-37(2,3)4/h12-13,22-26,28-29H,5-11,14-21H2,1-4H3/t24-/m0/s1. The molecule has 10 heteroatoms. The Morgan fingerprint density at radius 2 is 1.51 bits per heavy atom. The van der Waals surface area contributed by atoms with Gasteiger partial charge in [-0.05, 0) is 110 Å². The first kappa shape index (κ1) is 32.0. The highest BCUT2D eigenvalue weighted by molar-refractivity contribution is 5.99. The van der Waals surface area contributed by atoms with Gasteiger partial charge in [0.05, 0.1) is 24.0 Å². The first-order valence-electron chi connectivity index (χ1n) is 18.0. The fraction of sp³-hybridized carbons (Fsp3) is 0.676. The van der Waals surface area contributed by atoms with E-state index in [4.69, 9.17) is 14.6 Å². The van der Waals surface area contributed by atoms with Crippen LogP contribution in [0.25, 0.3) is 11.1 Å². The van der Waals surface area contributed by atoms with Gasteiger partial charge in [-0.25, -0.2) is 4.79 Å². The van der Waals surface area contributed by atoms with Gasteiger partial charge in [-0.15, -0.1) is 0 Å². The maximum Gasteiger partial charge on any atom is 0.410 e. The van der Waals surface area contributed by atoms with Crippen molar-refractivity contribution in [2.45, 2.75) is 122 Å². The molecule has 4 fully saturated rings. The molecule has 254 valence electrons. The number of ether oxygens (including phenoxy) is 2. The maximum atomic E-state index is 13.4. The molecule has 3 aliphatic heterocycles. The molecule has 5 aliphatic rings. The Balaban J connectivity index is 1.01. The number of piperidine rings is 2. The molecule has 0 N–H and O–H groups in total. The van der Waals surface area contributed by atoms with E-state index in [1.54, 1.807) is 4.90 Å². The second-order valence-electron chi connectivity index (χ2n) is 15.5. The first-order chi connectivity index (χ1) is 22.6. The number of anilines is 1. The van der Waals surface area contributed by atoms with Gasteiger partial charge in [0, 0.05) is 66.9 Å². The third-order valence-corrected chi connectivity index (χ3v) is 10.8. The summed E-state index contributed by atoms with van der Waals surface area (Å²) in [6.07, 6.45) is 14.3. The van der Waals surface area contributed by atoms with Crippen molar-refractivity contribution in [3.05, 3.63) is 30.1 Å². The fourth-order valence-corrected chi connectivity index (χ4v) is 7.61. The molecule has 4 heterocycles. The third kappa shape index (κ3) is 6.74. The van der Waals surface area contributed by atoms with E-state index < -0.39 is 5.60 Å². The zero-order valence-electron chi connectivity index (χ0n) is 28.6. The van der Waals surface area contributed by atoms with Gasteiger partial charge in [-0.1, -0.05) is 0 Å². The molecule has 47 heavy (non-hydrogen) atoms. The number of hydrogen-bond acceptors (Lipinski definition) is 6. The van der Waals surface area contributed by atoms with Crippen LogP contribution < -0.4 is 9.64 Å². The van der Waals surface area contributed by atoms with Gasteiger partial charge in [0.15, 0.2) is 0 Å². The number of rotatable bonds is 6. The zero-order valence-corrected chi connectivity index (χ0v) is 28.6. The summed E-state index contributed by atoms with van der Waals surface area (Å²) in [6, 6.07) is 4.69. The van der Waals surface area contributed by atoms with E-state index >= 15 is 0 Å². The minimum Gasteiger partial charge on any atom is -0.489 e. The smallest absolute Gasteiger partial charge is 0.410 e. The SMILES string of the molecule is C[C@H]1CCc2c(ccc(-c3cnn(C4CCN(C(=O)C5CCN(C(=O)OC(C)(C)C)CC5)CC4)c3)c2OC2CCC2)N1C(=O)C1CC1. The molecule has 10 nitrogen and oxygen atoms in total. The summed E-state index contributed by atoms with van der Waals surface area (Å²) in [6.45, 7) is 10.3. The van der Waals surface area contributed by atoms with E-state index in [-0.39, 0.29) is 47.9 Å². The summed E-state index contributed by atoms with van der Waals surface area (Å²) >= 11 is 0. The van der Waals surface area contributed by atoms with Crippen molar-refractivity contribution < 1.29 is 23.9 Å². The van der Waals surface area contributed by atoms with Gasteiger partial charge in [-0.3, -0.25) is 14.3 Å². The van der Waals surface area contributed by atoms with Gasteiger partial charge in [0.2, 0.25) is 11.8 Å². The Hall–Kier alpha value is -3.56. The van der Waals surface area contributed by atoms with Crippen molar-refractivity contribution in [1.82, 2.24) is 19.6 Å². The number of carbonyl (C=O) groups is 3. The number of nitrogens with zero attached hydrogens (tertiary/aromatic N) is 5. The number of hydrogen-bond donors (Lipinski definition) is 0. The van der Waals surface area contributed by atoms with Crippen molar-refractivity contribution in [3.8, 4) is 16.9 Å². The predicted octanol–water partition coefficient (Wildman–Crippen LogP) is 6.37. The minimum absolute atomic E-state index is 0.0434. The van der Waals surface area contributed by atoms with Crippen molar-refractivity contribution >= 4 is 23.6 Å². The topological polar surface area (TPSA) is 97.2 Å². The molecule has 7 rings (SSSR count). The van der Waals surface area contributed by atoms with E-state index in [1.807, 2.05) is 31.9 Å². The predicted molar refractivity (Wildman–Crippen MR) is 179 cm³/mol. The van der Waals surface area contributed by atoms with Crippen LogP contribution in [0.3, 0.4) is 0 Å². The molecular formula is C37H51N5O5. The molecule has 1 atom stereocenters. The number of likely N-dealkylation sites (tertiary alicyclic amines) is 2. The van der Waals surface area contributed by atoms with Crippen molar-refractivity contribution in [3.63, 3.8) is 0 Å². The van der Waals surface area contributed by atoms with Crippen LogP contribution in [-0.2, 0) is 20.7 Å². The summed E-state index contributed by atoms with van der Waals surface area (Å²) in [4.78, 5) is 45.0. The average Bonchev–Trinajstić information content (AvgIpc) is 3.77. The molecule has 3 amide bonds. The molecule has 0 bridgehead atoms. The molecule has 1 aromatic carbocycles. The summed E-state index contributed by atoms with van der Waals surface area (Å²) in [5, 5.41) is 4.82. The molecule has 2 aliphatic carbocycles. The minimum atomic E-state index is -0.520. The van der Waals surface area contributed by atoms with Crippen LogP contribution in [-0.4, -0.2) is 81.4 Å². The molecule has 0 spiro atoms. The quantitative estimate of drug-likeness (QED) is 0.362. The van der Waals surface area contributed by atoms with Gasteiger partial charge in [0.1, 0.15) is 11.4 Å². The maximum absolute atomic E-state index is 13.4. The Kier molecular flexibility index (Phi) is 8.72. The summed E-state index contributed by atoms with van der Waals surface area (Å²) in [5.74, 6) is 1.55. The lowest BCUT2D eigenvalue weighted by atomic mass is 9.91. The summed E-state index contributed by atoms with van der Waals surface area (Å²) in [7, 11) is 0. The van der Waals surface area contributed by atoms with Crippen LogP contribution >= 0.6 is 0 Å². The van der Waals surface area contributed by atoms with E-state index in [0.717, 1.165) is 79.5 Å². The van der Waals surface area contributed by atoms with Crippen LogP contribution in [0.4, 0.5) is 10.5 Å². The van der Waals surface area contributed by atoms with E-state index in [0.29, 0.717) is 39.0 Å². The van der Waals surface area contributed by atoms with Gasteiger partial charge in [0.25, 0.3) is 0 Å². The van der Waals surface area contributed by atoms with Crippen molar-refractivity contribution in [2.24, 2.45) is 11.8 Å². The van der Waals surface area contributed by atoms with E-state index in [9.17, 15) is 14.4 Å². The lowest BCUT2D eigenvalue weighted by Crippen LogP contribution is -2.47. The summed E-state index contributed by atoms with van der Waals surface area (Å²) in [5.41, 5.74) is 3.77. The molecule has 1 aromatic heterocycles. The lowest BCUT2D eigenvalue weighted by molar-refractivity contribution is -0.138. The molecule has 0 unspecified atom stereocenters. The summed E-state index contributed by atoms with van der Waals surface area (Å²) < 4.78 is 14.3. The number of carbonyl (C=O) groups excluding carboxylic acids is 3. The Labute approximate surface area is 278 Å². The van der Waals surface area contributed by atoms with Crippen molar-refractivity contribution in [1.29, 1.82) is 0 Å². The van der Waals surface area contributed by atoms with E-state index in [1.165, 1.54) is 6.42 Å². The van der Waals surface area contributed by atoms with Crippen LogP contribution in [0.5, 0.6) is 5.75 Å². The van der Waals surface area contributed by atoms with Gasteiger partial charge >= 0.3 is 6.09 Å².